The SMILES string of the molecule is Cc1cc(C(C)(C)C)c(C)nc1C(C)(C)C. The standard InChI is InChI=1S/C15H25N/c1-10-9-12(14(3,4)5)11(2)16-13(10)15(6,7)8/h9H,1-8H3. The second kappa shape index (κ2) is 3.87. The van der Waals surface area contributed by atoms with E-state index in [0.29, 0.717) is 0 Å². The van der Waals surface area contributed by atoms with Gasteiger partial charge in [-0.1, -0.05) is 47.6 Å². The van der Waals surface area contributed by atoms with E-state index in [4.69, 9.17) is 4.98 Å². The predicted molar refractivity (Wildman–Crippen MR) is 71.1 cm³/mol. The summed E-state index contributed by atoms with van der Waals surface area (Å²) in [5.41, 5.74) is 5.37. The largest absolute Gasteiger partial charge is 0.257 e. The number of pyridine rings is 1. The van der Waals surface area contributed by atoms with Crippen LogP contribution in [0.4, 0.5) is 0 Å². The van der Waals surface area contributed by atoms with E-state index in [0.717, 1.165) is 0 Å². The average molecular weight is 219 g/mol. The monoisotopic (exact) mass is 219 g/mol. The van der Waals surface area contributed by atoms with Crippen molar-refractivity contribution in [2.75, 3.05) is 0 Å². The molecular weight excluding hydrogens is 194 g/mol. The zero-order chi connectivity index (χ0) is 12.7. The molecule has 16 heavy (non-hydrogen) atoms. The van der Waals surface area contributed by atoms with E-state index >= 15 is 0 Å². The van der Waals surface area contributed by atoms with Crippen LogP contribution in [-0.2, 0) is 10.8 Å². The molecule has 0 N–H and O–H groups in total. The van der Waals surface area contributed by atoms with Gasteiger partial charge in [-0.05, 0) is 30.4 Å². The minimum Gasteiger partial charge on any atom is -0.257 e. The molecule has 0 atom stereocenters. The van der Waals surface area contributed by atoms with Crippen molar-refractivity contribution in [3.63, 3.8) is 0 Å². The molecule has 0 bridgehead atoms. The Morgan fingerprint density at radius 2 is 1.38 bits per heavy atom. The molecule has 0 saturated carbocycles. The van der Waals surface area contributed by atoms with Gasteiger partial charge in [-0.2, -0.15) is 0 Å². The molecule has 1 rings (SSSR count). The summed E-state index contributed by atoms with van der Waals surface area (Å²) in [6, 6.07) is 2.31. The quantitative estimate of drug-likeness (QED) is 0.634. The lowest BCUT2D eigenvalue weighted by Crippen LogP contribution is -2.20. The average Bonchev–Trinajstić information content (AvgIpc) is 2.04. The first-order valence-corrected chi connectivity index (χ1v) is 6.02. The minimum atomic E-state index is 0.130. The number of aryl methyl sites for hydroxylation is 2. The van der Waals surface area contributed by atoms with Crippen molar-refractivity contribution >= 4 is 0 Å². The smallest absolute Gasteiger partial charge is 0.0489 e. The molecule has 1 aromatic rings. The van der Waals surface area contributed by atoms with Crippen LogP contribution in [-0.4, -0.2) is 4.98 Å². The van der Waals surface area contributed by atoms with Crippen molar-refractivity contribution in [3.8, 4) is 0 Å². The number of rotatable bonds is 0. The zero-order valence-electron chi connectivity index (χ0n) is 12.0. The van der Waals surface area contributed by atoms with Crippen molar-refractivity contribution in [1.29, 1.82) is 0 Å². The first-order chi connectivity index (χ1) is 7.03. The van der Waals surface area contributed by atoms with Gasteiger partial charge in [0.05, 0.1) is 0 Å². The van der Waals surface area contributed by atoms with Crippen LogP contribution in [0, 0.1) is 13.8 Å². The van der Waals surface area contributed by atoms with Crippen molar-refractivity contribution in [2.45, 2.75) is 66.2 Å². The maximum absolute atomic E-state index is 4.81. The molecule has 0 aliphatic rings. The van der Waals surface area contributed by atoms with Gasteiger partial charge in [0.1, 0.15) is 0 Å². The third-order valence-corrected chi connectivity index (χ3v) is 2.92. The van der Waals surface area contributed by atoms with Crippen LogP contribution in [0.2, 0.25) is 0 Å². The van der Waals surface area contributed by atoms with Crippen LogP contribution >= 0.6 is 0 Å². The van der Waals surface area contributed by atoms with E-state index in [-0.39, 0.29) is 10.8 Å². The highest BCUT2D eigenvalue weighted by molar-refractivity contribution is 5.36. The van der Waals surface area contributed by atoms with Crippen LogP contribution in [0.3, 0.4) is 0 Å². The summed E-state index contributed by atoms with van der Waals surface area (Å²) in [6.07, 6.45) is 0. The van der Waals surface area contributed by atoms with Gasteiger partial charge >= 0.3 is 0 Å². The molecular formula is C15H25N. The predicted octanol–water partition coefficient (Wildman–Crippen LogP) is 4.29. The molecule has 1 nitrogen and oxygen atoms in total. The number of hydrogen-bond acceptors (Lipinski definition) is 1. The molecule has 0 aromatic carbocycles. The fourth-order valence-electron chi connectivity index (χ4n) is 2.22. The molecule has 0 fully saturated rings. The first-order valence-electron chi connectivity index (χ1n) is 6.02. The summed E-state index contributed by atoms with van der Waals surface area (Å²) < 4.78 is 0. The molecule has 0 spiro atoms. The Hall–Kier alpha value is -0.850. The second-order valence-corrected chi connectivity index (χ2v) is 6.79. The highest BCUT2D eigenvalue weighted by atomic mass is 14.7. The Labute approximate surface area is 100 Å². The zero-order valence-corrected chi connectivity index (χ0v) is 12.0. The van der Waals surface area contributed by atoms with Crippen molar-refractivity contribution in [2.24, 2.45) is 0 Å². The van der Waals surface area contributed by atoms with Gasteiger partial charge in [-0.15, -0.1) is 0 Å². The van der Waals surface area contributed by atoms with Gasteiger partial charge in [0.2, 0.25) is 0 Å². The van der Waals surface area contributed by atoms with Crippen LogP contribution in [0.1, 0.15) is 64.1 Å². The molecule has 90 valence electrons. The van der Waals surface area contributed by atoms with E-state index in [1.54, 1.807) is 0 Å². The second-order valence-electron chi connectivity index (χ2n) is 6.79. The Bertz CT molecular complexity index is 349. The van der Waals surface area contributed by atoms with Gasteiger partial charge < -0.3 is 0 Å². The molecule has 1 heteroatoms. The number of nitrogens with zero attached hydrogens (tertiary/aromatic N) is 1. The van der Waals surface area contributed by atoms with Gasteiger partial charge in [-0.3, -0.25) is 4.98 Å². The highest BCUT2D eigenvalue weighted by Gasteiger charge is 2.23. The van der Waals surface area contributed by atoms with Gasteiger partial charge in [-0.25, -0.2) is 0 Å². The third kappa shape index (κ3) is 2.63. The van der Waals surface area contributed by atoms with Crippen molar-refractivity contribution < 1.29 is 0 Å². The van der Waals surface area contributed by atoms with E-state index in [1.807, 2.05) is 0 Å². The molecule has 0 radical (unpaired) electrons. The molecule has 1 aromatic heterocycles. The molecule has 0 aliphatic carbocycles. The summed E-state index contributed by atoms with van der Waals surface area (Å²) in [5, 5.41) is 0. The molecule has 0 aliphatic heterocycles. The summed E-state index contributed by atoms with van der Waals surface area (Å²) in [6.45, 7) is 17.7. The van der Waals surface area contributed by atoms with Crippen molar-refractivity contribution in [1.82, 2.24) is 4.98 Å². The molecule has 0 unspecified atom stereocenters. The fourth-order valence-corrected chi connectivity index (χ4v) is 2.22. The molecule has 0 amide bonds. The van der Waals surface area contributed by atoms with Gasteiger partial charge in [0, 0.05) is 16.8 Å². The van der Waals surface area contributed by atoms with Crippen LogP contribution < -0.4 is 0 Å². The summed E-state index contributed by atoms with van der Waals surface area (Å²) in [7, 11) is 0. The summed E-state index contributed by atoms with van der Waals surface area (Å²) >= 11 is 0. The Morgan fingerprint density at radius 1 is 0.875 bits per heavy atom. The normalized spacial score (nSPS) is 13.0. The van der Waals surface area contributed by atoms with E-state index < -0.39 is 0 Å². The van der Waals surface area contributed by atoms with Gasteiger partial charge in [0.25, 0.3) is 0 Å². The van der Waals surface area contributed by atoms with Crippen LogP contribution in [0.15, 0.2) is 6.07 Å². The summed E-state index contributed by atoms with van der Waals surface area (Å²) in [4.78, 5) is 4.81. The van der Waals surface area contributed by atoms with E-state index in [2.05, 4.69) is 61.5 Å². The van der Waals surface area contributed by atoms with Crippen LogP contribution in [0.5, 0.6) is 0 Å². The highest BCUT2D eigenvalue weighted by Crippen LogP contribution is 2.30. The van der Waals surface area contributed by atoms with E-state index in [9.17, 15) is 0 Å². The first kappa shape index (κ1) is 13.2. The summed E-state index contributed by atoms with van der Waals surface area (Å²) in [5.74, 6) is 0. The fraction of sp³-hybridized carbons (Fsp3) is 0.667. The number of hydrogen-bond donors (Lipinski definition) is 0. The van der Waals surface area contributed by atoms with Gasteiger partial charge in [0.15, 0.2) is 0 Å². The Kier molecular flexibility index (Phi) is 3.20. The lowest BCUT2D eigenvalue weighted by molar-refractivity contribution is 0.547. The maximum atomic E-state index is 4.81. The third-order valence-electron chi connectivity index (χ3n) is 2.92. The van der Waals surface area contributed by atoms with Crippen LogP contribution in [0.25, 0.3) is 0 Å². The van der Waals surface area contributed by atoms with Crippen molar-refractivity contribution in [3.05, 3.63) is 28.6 Å². The molecule has 1 heterocycles. The van der Waals surface area contributed by atoms with E-state index in [1.165, 1.54) is 22.5 Å². The number of aromatic nitrogens is 1. The lowest BCUT2D eigenvalue weighted by Gasteiger charge is -2.26. The molecule has 0 saturated heterocycles. The Balaban J connectivity index is 3.40. The Morgan fingerprint density at radius 3 is 1.75 bits per heavy atom. The maximum Gasteiger partial charge on any atom is 0.0489 e. The lowest BCUT2D eigenvalue weighted by atomic mass is 9.82. The topological polar surface area (TPSA) is 12.9 Å². The minimum absolute atomic E-state index is 0.130.